The molecule has 1 fully saturated rings. The second kappa shape index (κ2) is 5.75. The molecule has 88 valence electrons. The van der Waals surface area contributed by atoms with E-state index in [1.54, 1.807) is 0 Å². The van der Waals surface area contributed by atoms with Crippen molar-refractivity contribution in [1.82, 2.24) is 9.80 Å². The zero-order valence-electron chi connectivity index (χ0n) is 9.94. The van der Waals surface area contributed by atoms with Gasteiger partial charge in [-0.3, -0.25) is 9.69 Å². The Balaban J connectivity index is 2.39. The molecule has 1 rings (SSSR count). The van der Waals surface area contributed by atoms with Gasteiger partial charge in [0.1, 0.15) is 0 Å². The van der Waals surface area contributed by atoms with Gasteiger partial charge in [0.15, 0.2) is 0 Å². The van der Waals surface area contributed by atoms with Crippen molar-refractivity contribution in [2.75, 3.05) is 26.2 Å². The summed E-state index contributed by atoms with van der Waals surface area (Å²) in [5.74, 6) is 0.169. The van der Waals surface area contributed by atoms with Crippen LogP contribution in [0.15, 0.2) is 0 Å². The predicted octanol–water partition coefficient (Wildman–Crippen LogP) is 1.25. The number of nitrogens with zero attached hydrogens (tertiary/aromatic N) is 2. The van der Waals surface area contributed by atoms with Crippen LogP contribution in [0.4, 0.5) is 0 Å². The van der Waals surface area contributed by atoms with Gasteiger partial charge in [0.25, 0.3) is 0 Å². The maximum absolute atomic E-state index is 11.7. The number of thiol groups is 1. The minimum Gasteiger partial charge on any atom is -0.339 e. The Bertz CT molecular complexity index is 213. The van der Waals surface area contributed by atoms with E-state index < -0.39 is 0 Å². The highest BCUT2D eigenvalue weighted by atomic mass is 32.1. The molecule has 2 atom stereocenters. The van der Waals surface area contributed by atoms with Gasteiger partial charge >= 0.3 is 0 Å². The van der Waals surface area contributed by atoms with Crippen LogP contribution in [0.5, 0.6) is 0 Å². The van der Waals surface area contributed by atoms with E-state index in [-0.39, 0.29) is 11.2 Å². The van der Waals surface area contributed by atoms with Crippen LogP contribution in [0, 0.1) is 0 Å². The summed E-state index contributed by atoms with van der Waals surface area (Å²) in [6.07, 6.45) is 1.18. The highest BCUT2D eigenvalue weighted by molar-refractivity contribution is 7.81. The lowest BCUT2D eigenvalue weighted by atomic mass is 10.2. The van der Waals surface area contributed by atoms with E-state index in [2.05, 4.69) is 31.4 Å². The summed E-state index contributed by atoms with van der Waals surface area (Å²) in [4.78, 5) is 16.1. The number of piperazine rings is 1. The lowest BCUT2D eigenvalue weighted by Crippen LogP contribution is -2.52. The molecular weight excluding hydrogens is 208 g/mol. The molecule has 0 aromatic carbocycles. The van der Waals surface area contributed by atoms with E-state index in [0.717, 1.165) is 26.2 Å². The minimum absolute atomic E-state index is 0.167. The number of hydrogen-bond acceptors (Lipinski definition) is 3. The lowest BCUT2D eigenvalue weighted by molar-refractivity contribution is -0.132. The van der Waals surface area contributed by atoms with E-state index in [4.69, 9.17) is 0 Å². The van der Waals surface area contributed by atoms with Gasteiger partial charge in [-0.05, 0) is 20.3 Å². The largest absolute Gasteiger partial charge is 0.339 e. The van der Waals surface area contributed by atoms with Crippen molar-refractivity contribution in [3.05, 3.63) is 0 Å². The molecule has 0 aromatic rings. The molecule has 4 heteroatoms. The van der Waals surface area contributed by atoms with Gasteiger partial charge in [-0.25, -0.2) is 0 Å². The first kappa shape index (κ1) is 12.8. The molecule has 1 amide bonds. The molecule has 0 bridgehead atoms. The minimum atomic E-state index is -0.167. The molecule has 0 radical (unpaired) electrons. The van der Waals surface area contributed by atoms with Gasteiger partial charge in [-0.1, -0.05) is 6.92 Å². The molecule has 0 aliphatic carbocycles. The van der Waals surface area contributed by atoms with Crippen LogP contribution in [0.2, 0.25) is 0 Å². The van der Waals surface area contributed by atoms with E-state index >= 15 is 0 Å². The molecule has 0 aromatic heterocycles. The molecular formula is C11H22N2OS. The second-order valence-electron chi connectivity index (χ2n) is 4.29. The van der Waals surface area contributed by atoms with Crippen molar-refractivity contribution in [3.8, 4) is 0 Å². The van der Waals surface area contributed by atoms with E-state index in [0.29, 0.717) is 6.04 Å². The summed E-state index contributed by atoms with van der Waals surface area (Å²) in [6, 6.07) is 0.635. The van der Waals surface area contributed by atoms with Gasteiger partial charge in [0.05, 0.1) is 5.25 Å². The highest BCUT2D eigenvalue weighted by Crippen LogP contribution is 2.10. The van der Waals surface area contributed by atoms with Gasteiger partial charge in [0.2, 0.25) is 5.91 Å². The number of carbonyl (C=O) groups is 1. The average molecular weight is 230 g/mol. The molecule has 15 heavy (non-hydrogen) atoms. The summed E-state index contributed by atoms with van der Waals surface area (Å²) < 4.78 is 0. The Morgan fingerprint density at radius 2 is 1.80 bits per heavy atom. The topological polar surface area (TPSA) is 23.6 Å². The molecule has 1 aliphatic heterocycles. The van der Waals surface area contributed by atoms with Crippen molar-refractivity contribution in [2.45, 2.75) is 38.5 Å². The Hall–Kier alpha value is -0.220. The van der Waals surface area contributed by atoms with Gasteiger partial charge in [0, 0.05) is 32.2 Å². The predicted molar refractivity (Wildman–Crippen MR) is 66.4 cm³/mol. The third-order valence-corrected chi connectivity index (χ3v) is 3.42. The number of amides is 1. The summed E-state index contributed by atoms with van der Waals surface area (Å²) in [5, 5.41) is -0.167. The summed E-state index contributed by atoms with van der Waals surface area (Å²) in [7, 11) is 0. The van der Waals surface area contributed by atoms with Crippen molar-refractivity contribution >= 4 is 18.5 Å². The molecule has 1 saturated heterocycles. The van der Waals surface area contributed by atoms with Crippen LogP contribution in [0.25, 0.3) is 0 Å². The highest BCUT2D eigenvalue weighted by Gasteiger charge is 2.24. The van der Waals surface area contributed by atoms with Crippen LogP contribution >= 0.6 is 12.6 Å². The van der Waals surface area contributed by atoms with Crippen LogP contribution in [0.1, 0.15) is 27.2 Å². The summed E-state index contributed by atoms with van der Waals surface area (Å²) >= 11 is 4.18. The zero-order chi connectivity index (χ0) is 11.4. The normalized spacial score (nSPS) is 22.5. The molecule has 3 nitrogen and oxygen atoms in total. The van der Waals surface area contributed by atoms with Crippen molar-refractivity contribution < 1.29 is 4.79 Å². The van der Waals surface area contributed by atoms with E-state index in [9.17, 15) is 4.79 Å². The van der Waals surface area contributed by atoms with Gasteiger partial charge in [-0.2, -0.15) is 12.6 Å². The zero-order valence-corrected chi connectivity index (χ0v) is 10.8. The van der Waals surface area contributed by atoms with E-state index in [1.165, 1.54) is 6.42 Å². The fraction of sp³-hybridized carbons (Fsp3) is 0.909. The quantitative estimate of drug-likeness (QED) is 0.738. The second-order valence-corrected chi connectivity index (χ2v) is 5.07. The van der Waals surface area contributed by atoms with Crippen LogP contribution in [-0.4, -0.2) is 53.2 Å². The number of rotatable bonds is 3. The van der Waals surface area contributed by atoms with Crippen LogP contribution < -0.4 is 0 Å². The Morgan fingerprint density at radius 1 is 1.27 bits per heavy atom. The number of hydrogen-bond donors (Lipinski definition) is 1. The van der Waals surface area contributed by atoms with Crippen LogP contribution in [-0.2, 0) is 4.79 Å². The Labute approximate surface area is 98.2 Å². The SMILES string of the molecule is CCC(C)N1CCN(C(=O)C(C)S)CC1. The maximum atomic E-state index is 11.7. The molecule has 0 spiro atoms. The van der Waals surface area contributed by atoms with E-state index in [1.807, 2.05) is 11.8 Å². The lowest BCUT2D eigenvalue weighted by Gasteiger charge is -2.38. The molecule has 1 heterocycles. The molecule has 1 aliphatic rings. The van der Waals surface area contributed by atoms with Crippen molar-refractivity contribution in [2.24, 2.45) is 0 Å². The third-order valence-electron chi connectivity index (χ3n) is 3.20. The third kappa shape index (κ3) is 3.38. The first-order valence-corrected chi connectivity index (χ1v) is 6.28. The fourth-order valence-corrected chi connectivity index (χ4v) is 2.07. The van der Waals surface area contributed by atoms with Crippen molar-refractivity contribution in [1.29, 1.82) is 0 Å². The first-order valence-electron chi connectivity index (χ1n) is 5.77. The smallest absolute Gasteiger partial charge is 0.235 e. The standard InChI is InChI=1S/C11H22N2OS/c1-4-9(2)12-5-7-13(8-6-12)11(14)10(3)15/h9-10,15H,4-8H2,1-3H3. The average Bonchev–Trinajstić information content (AvgIpc) is 2.27. The summed E-state index contributed by atoms with van der Waals surface area (Å²) in [6.45, 7) is 10.0. The molecule has 0 N–H and O–H groups in total. The monoisotopic (exact) mass is 230 g/mol. The van der Waals surface area contributed by atoms with Crippen molar-refractivity contribution in [3.63, 3.8) is 0 Å². The number of carbonyl (C=O) groups excluding carboxylic acids is 1. The summed E-state index contributed by atoms with van der Waals surface area (Å²) in [5.41, 5.74) is 0. The fourth-order valence-electron chi connectivity index (χ4n) is 1.91. The molecule has 2 unspecified atom stereocenters. The molecule has 0 saturated carbocycles. The van der Waals surface area contributed by atoms with Crippen LogP contribution in [0.3, 0.4) is 0 Å². The maximum Gasteiger partial charge on any atom is 0.235 e. The Kier molecular flexibility index (Phi) is 4.93. The van der Waals surface area contributed by atoms with Gasteiger partial charge < -0.3 is 4.90 Å². The Morgan fingerprint density at radius 3 is 2.20 bits per heavy atom. The van der Waals surface area contributed by atoms with Gasteiger partial charge in [-0.15, -0.1) is 0 Å². The first-order chi connectivity index (χ1) is 7.06.